The lowest BCUT2D eigenvalue weighted by Gasteiger charge is -2.26. The van der Waals surface area contributed by atoms with Gasteiger partial charge in [-0.15, -0.1) is 0 Å². The molecule has 29 heavy (non-hydrogen) atoms. The number of hydrogen-bond donors (Lipinski definition) is 0. The van der Waals surface area contributed by atoms with Crippen LogP contribution in [0, 0.1) is 10.1 Å². The van der Waals surface area contributed by atoms with Crippen molar-refractivity contribution in [2.75, 3.05) is 26.3 Å². The van der Waals surface area contributed by atoms with Crippen molar-refractivity contribution < 1.29 is 36.0 Å². The molecule has 0 N–H and O–H groups in total. The maximum absolute atomic E-state index is 13.0. The number of non-ortho nitro benzene ring substituents is 1. The molecule has 0 atom stereocenters. The van der Waals surface area contributed by atoms with Crippen molar-refractivity contribution in [1.29, 1.82) is 0 Å². The van der Waals surface area contributed by atoms with Gasteiger partial charge in [-0.05, 0) is 24.3 Å². The third kappa shape index (κ3) is 4.66. The summed E-state index contributed by atoms with van der Waals surface area (Å²) in [4.78, 5) is 9.81. The van der Waals surface area contributed by atoms with E-state index < -0.39 is 37.3 Å². The first-order valence-corrected chi connectivity index (χ1v) is 9.74. The molecule has 1 saturated heterocycles. The Hall–Kier alpha value is -2.70. The van der Waals surface area contributed by atoms with Gasteiger partial charge >= 0.3 is 6.18 Å². The van der Waals surface area contributed by atoms with Crippen molar-refractivity contribution in [2.45, 2.75) is 11.1 Å². The maximum Gasteiger partial charge on any atom is 0.416 e. The van der Waals surface area contributed by atoms with Crippen molar-refractivity contribution in [3.8, 4) is 11.5 Å². The second kappa shape index (κ2) is 7.97. The molecule has 156 valence electrons. The molecule has 0 unspecified atom stereocenters. The van der Waals surface area contributed by atoms with Crippen LogP contribution in [0.2, 0.25) is 0 Å². The zero-order valence-electron chi connectivity index (χ0n) is 14.8. The van der Waals surface area contributed by atoms with E-state index >= 15 is 0 Å². The Labute approximate surface area is 163 Å². The molecule has 0 aromatic heterocycles. The van der Waals surface area contributed by atoms with Crippen LogP contribution in [0.1, 0.15) is 5.56 Å². The van der Waals surface area contributed by atoms with E-state index in [2.05, 4.69) is 0 Å². The molecular weight excluding hydrogens is 417 g/mol. The van der Waals surface area contributed by atoms with Gasteiger partial charge in [0.25, 0.3) is 5.69 Å². The minimum atomic E-state index is -4.61. The Bertz CT molecular complexity index is 1020. The average molecular weight is 432 g/mol. The van der Waals surface area contributed by atoms with E-state index in [0.29, 0.717) is 6.07 Å². The SMILES string of the molecule is O=[N+]([O-])c1ccc(Oc2cccc(C(F)(F)F)c2)c(S(=O)(=O)N2CCOCC2)c1. The highest BCUT2D eigenvalue weighted by Crippen LogP contribution is 2.36. The highest BCUT2D eigenvalue weighted by Gasteiger charge is 2.33. The molecule has 0 saturated carbocycles. The van der Waals surface area contributed by atoms with Crippen LogP contribution in [0.15, 0.2) is 47.4 Å². The van der Waals surface area contributed by atoms with Gasteiger partial charge < -0.3 is 9.47 Å². The summed E-state index contributed by atoms with van der Waals surface area (Å²) in [5.74, 6) is -0.575. The van der Waals surface area contributed by atoms with Crippen LogP contribution in [0.25, 0.3) is 0 Å². The van der Waals surface area contributed by atoms with Crippen LogP contribution in [0.3, 0.4) is 0 Å². The molecule has 3 rings (SSSR count). The van der Waals surface area contributed by atoms with Crippen molar-refractivity contribution in [3.63, 3.8) is 0 Å². The Morgan fingerprint density at radius 2 is 1.79 bits per heavy atom. The largest absolute Gasteiger partial charge is 0.456 e. The van der Waals surface area contributed by atoms with Crippen molar-refractivity contribution in [1.82, 2.24) is 4.31 Å². The summed E-state index contributed by atoms with van der Waals surface area (Å²) >= 11 is 0. The van der Waals surface area contributed by atoms with Crippen LogP contribution in [-0.2, 0) is 20.9 Å². The molecule has 1 aliphatic heterocycles. The zero-order valence-corrected chi connectivity index (χ0v) is 15.6. The molecule has 0 spiro atoms. The van der Waals surface area contributed by atoms with Gasteiger partial charge in [-0.3, -0.25) is 10.1 Å². The number of sulfonamides is 1. The van der Waals surface area contributed by atoms with Gasteiger partial charge in [-0.25, -0.2) is 8.42 Å². The van der Waals surface area contributed by atoms with E-state index in [1.54, 1.807) is 0 Å². The van der Waals surface area contributed by atoms with Gasteiger partial charge in [0.15, 0.2) is 0 Å². The predicted molar refractivity (Wildman–Crippen MR) is 94.2 cm³/mol. The number of alkyl halides is 3. The zero-order chi connectivity index (χ0) is 21.2. The van der Waals surface area contributed by atoms with E-state index in [4.69, 9.17) is 9.47 Å². The van der Waals surface area contributed by atoms with E-state index in [0.717, 1.165) is 34.6 Å². The van der Waals surface area contributed by atoms with Gasteiger partial charge in [-0.1, -0.05) is 6.07 Å². The van der Waals surface area contributed by atoms with Crippen LogP contribution in [0.5, 0.6) is 11.5 Å². The summed E-state index contributed by atoms with van der Waals surface area (Å²) in [6.07, 6.45) is -4.61. The normalized spacial score (nSPS) is 15.8. The predicted octanol–water partition coefficient (Wildman–Crippen LogP) is 3.43. The fraction of sp³-hybridized carbons (Fsp3) is 0.294. The molecule has 0 bridgehead atoms. The second-order valence-electron chi connectivity index (χ2n) is 6.03. The first-order valence-electron chi connectivity index (χ1n) is 8.30. The van der Waals surface area contributed by atoms with Gasteiger partial charge in [0, 0.05) is 25.2 Å². The highest BCUT2D eigenvalue weighted by molar-refractivity contribution is 7.89. The number of ether oxygens (including phenoxy) is 2. The molecule has 2 aromatic carbocycles. The summed E-state index contributed by atoms with van der Waals surface area (Å²) in [7, 11) is -4.21. The van der Waals surface area contributed by atoms with Crippen LogP contribution in [-0.4, -0.2) is 43.9 Å². The Kier molecular flexibility index (Phi) is 5.78. The number of nitrogens with zero attached hydrogens (tertiary/aromatic N) is 2. The van der Waals surface area contributed by atoms with Gasteiger partial charge in [0.2, 0.25) is 10.0 Å². The number of benzene rings is 2. The van der Waals surface area contributed by atoms with E-state index in [9.17, 15) is 31.7 Å². The molecule has 1 fully saturated rings. The summed E-state index contributed by atoms with van der Waals surface area (Å²) in [6.45, 7) is 0.373. The number of rotatable bonds is 5. The van der Waals surface area contributed by atoms with Gasteiger partial charge in [0.05, 0.1) is 23.7 Å². The lowest BCUT2D eigenvalue weighted by atomic mass is 10.2. The quantitative estimate of drug-likeness (QED) is 0.530. The lowest BCUT2D eigenvalue weighted by molar-refractivity contribution is -0.385. The summed E-state index contributed by atoms with van der Waals surface area (Å²) in [5, 5.41) is 11.1. The molecule has 1 heterocycles. The van der Waals surface area contributed by atoms with Gasteiger partial charge in [0.1, 0.15) is 16.4 Å². The van der Waals surface area contributed by atoms with Crippen LogP contribution < -0.4 is 4.74 Å². The Morgan fingerprint density at radius 3 is 2.41 bits per heavy atom. The second-order valence-corrected chi connectivity index (χ2v) is 7.94. The Balaban J connectivity index is 2.04. The molecular formula is C17H15F3N2O6S. The monoisotopic (exact) mass is 432 g/mol. The minimum Gasteiger partial charge on any atom is -0.456 e. The van der Waals surface area contributed by atoms with Crippen molar-refractivity contribution >= 4 is 15.7 Å². The first kappa shape index (κ1) is 21.0. The molecule has 8 nitrogen and oxygen atoms in total. The van der Waals surface area contributed by atoms with E-state index in [-0.39, 0.29) is 37.8 Å². The summed E-state index contributed by atoms with van der Waals surface area (Å²) in [6, 6.07) is 6.78. The highest BCUT2D eigenvalue weighted by atomic mass is 32.2. The fourth-order valence-corrected chi connectivity index (χ4v) is 4.23. The number of morpholine rings is 1. The summed E-state index contributed by atoms with van der Waals surface area (Å²) < 4.78 is 76.3. The summed E-state index contributed by atoms with van der Waals surface area (Å²) in [5.41, 5.74) is -1.47. The minimum absolute atomic E-state index is 0.0357. The Morgan fingerprint density at radius 1 is 1.10 bits per heavy atom. The molecule has 2 aromatic rings. The third-order valence-corrected chi connectivity index (χ3v) is 6.03. The van der Waals surface area contributed by atoms with Crippen LogP contribution in [0.4, 0.5) is 18.9 Å². The van der Waals surface area contributed by atoms with Gasteiger partial charge in [-0.2, -0.15) is 17.5 Å². The first-order chi connectivity index (χ1) is 13.6. The molecule has 0 radical (unpaired) electrons. The average Bonchev–Trinajstić information content (AvgIpc) is 2.68. The van der Waals surface area contributed by atoms with Crippen molar-refractivity contribution in [3.05, 3.63) is 58.1 Å². The molecule has 0 aliphatic carbocycles. The number of halogens is 3. The van der Waals surface area contributed by atoms with E-state index in [1.165, 1.54) is 6.07 Å². The third-order valence-electron chi connectivity index (χ3n) is 4.12. The molecule has 0 amide bonds. The smallest absolute Gasteiger partial charge is 0.416 e. The number of nitro benzene ring substituents is 1. The number of nitro groups is 1. The molecule has 12 heteroatoms. The number of hydrogen-bond acceptors (Lipinski definition) is 6. The molecule has 1 aliphatic rings. The standard InChI is InChI=1S/C17H15F3N2O6S/c18-17(19,20)12-2-1-3-14(10-12)28-15-5-4-13(22(23)24)11-16(15)29(25,26)21-6-8-27-9-7-21/h1-5,10-11H,6-9H2. The van der Waals surface area contributed by atoms with Crippen molar-refractivity contribution in [2.24, 2.45) is 0 Å². The maximum atomic E-state index is 13.0. The lowest BCUT2D eigenvalue weighted by Crippen LogP contribution is -2.40. The van der Waals surface area contributed by atoms with E-state index in [1.807, 2.05) is 0 Å². The fourth-order valence-electron chi connectivity index (χ4n) is 2.69. The van der Waals surface area contributed by atoms with Crippen LogP contribution >= 0.6 is 0 Å². The topological polar surface area (TPSA) is 99.0 Å².